The van der Waals surface area contributed by atoms with Gasteiger partial charge in [0.1, 0.15) is 5.75 Å². The molecule has 3 N–H and O–H groups in total. The molecule has 0 spiro atoms. The molecule has 0 aliphatic rings. The molecule has 18 heavy (non-hydrogen) atoms. The van der Waals surface area contributed by atoms with Crippen molar-refractivity contribution in [1.82, 2.24) is 0 Å². The van der Waals surface area contributed by atoms with Gasteiger partial charge < -0.3 is 10.5 Å². The Morgan fingerprint density at radius 3 is 2.50 bits per heavy atom. The van der Waals surface area contributed by atoms with Gasteiger partial charge in [-0.1, -0.05) is 45.9 Å². The first-order chi connectivity index (χ1) is 8.34. The number of hydrogen-bond donors (Lipinski definition) is 2. The molecule has 1 aromatic rings. The van der Waals surface area contributed by atoms with Crippen molar-refractivity contribution in [2.45, 2.75) is 40.0 Å². The number of amidine groups is 1. The Morgan fingerprint density at radius 2 is 1.94 bits per heavy atom. The highest BCUT2D eigenvalue weighted by Crippen LogP contribution is 2.27. The maximum atomic E-state index is 7.51. The van der Waals surface area contributed by atoms with Crippen LogP contribution >= 0.6 is 0 Å². The Kier molecular flexibility index (Phi) is 4.76. The molecule has 0 saturated carbocycles. The number of nitrogens with two attached hydrogens (primary N) is 1. The zero-order valence-electron chi connectivity index (χ0n) is 11.8. The summed E-state index contributed by atoms with van der Waals surface area (Å²) in [6.45, 7) is 8.82. The summed E-state index contributed by atoms with van der Waals surface area (Å²) in [4.78, 5) is 0. The summed E-state index contributed by atoms with van der Waals surface area (Å²) in [7, 11) is 0. The van der Waals surface area contributed by atoms with Crippen molar-refractivity contribution in [2.75, 3.05) is 6.61 Å². The van der Waals surface area contributed by atoms with E-state index >= 15 is 0 Å². The van der Waals surface area contributed by atoms with Gasteiger partial charge in [-0.2, -0.15) is 0 Å². The standard InChI is InChI=1S/C15H24N2O/c1-11(2)12-7-5-6-8-13(12)18-10-9-15(3,4)14(16)17/h5-8,11H,9-10H2,1-4H3,(H3,16,17). The average molecular weight is 248 g/mol. The van der Waals surface area contributed by atoms with E-state index in [1.54, 1.807) is 0 Å². The van der Waals surface area contributed by atoms with E-state index in [9.17, 15) is 0 Å². The summed E-state index contributed by atoms with van der Waals surface area (Å²) in [6.07, 6.45) is 0.745. The minimum Gasteiger partial charge on any atom is -0.493 e. The van der Waals surface area contributed by atoms with E-state index in [-0.39, 0.29) is 11.3 Å². The monoisotopic (exact) mass is 248 g/mol. The minimum atomic E-state index is -0.299. The van der Waals surface area contributed by atoms with Gasteiger partial charge in [-0.25, -0.2) is 0 Å². The molecular weight excluding hydrogens is 224 g/mol. The summed E-state index contributed by atoms with van der Waals surface area (Å²) in [6, 6.07) is 8.10. The fourth-order valence-electron chi connectivity index (χ4n) is 1.64. The molecule has 0 unspecified atom stereocenters. The smallest absolute Gasteiger partial charge is 0.122 e. The molecule has 0 atom stereocenters. The lowest BCUT2D eigenvalue weighted by Crippen LogP contribution is -2.32. The highest BCUT2D eigenvalue weighted by molar-refractivity contribution is 5.82. The Labute approximate surface area is 110 Å². The third-order valence-electron chi connectivity index (χ3n) is 3.25. The van der Waals surface area contributed by atoms with Crippen molar-refractivity contribution < 1.29 is 4.74 Å². The molecule has 0 heterocycles. The number of nitrogens with one attached hydrogen (secondary N) is 1. The van der Waals surface area contributed by atoms with Crippen LogP contribution in [0.3, 0.4) is 0 Å². The first kappa shape index (κ1) is 14.6. The van der Waals surface area contributed by atoms with Crippen molar-refractivity contribution in [3.05, 3.63) is 29.8 Å². The number of para-hydroxylation sites is 1. The van der Waals surface area contributed by atoms with Gasteiger partial charge in [-0.3, -0.25) is 5.41 Å². The molecule has 3 heteroatoms. The molecule has 0 bridgehead atoms. The van der Waals surface area contributed by atoms with Gasteiger partial charge in [0, 0.05) is 5.41 Å². The van der Waals surface area contributed by atoms with E-state index in [0.717, 1.165) is 12.2 Å². The number of benzene rings is 1. The molecular formula is C15H24N2O. The van der Waals surface area contributed by atoms with Gasteiger partial charge in [0.2, 0.25) is 0 Å². The molecule has 3 nitrogen and oxygen atoms in total. The van der Waals surface area contributed by atoms with Crippen LogP contribution in [0.4, 0.5) is 0 Å². The van der Waals surface area contributed by atoms with Gasteiger partial charge >= 0.3 is 0 Å². The molecule has 0 fully saturated rings. The molecule has 1 aromatic carbocycles. The highest BCUT2D eigenvalue weighted by Gasteiger charge is 2.21. The van der Waals surface area contributed by atoms with E-state index in [1.165, 1.54) is 5.56 Å². The van der Waals surface area contributed by atoms with Gasteiger partial charge in [-0.05, 0) is 24.0 Å². The molecule has 0 amide bonds. The van der Waals surface area contributed by atoms with Crippen LogP contribution in [0.2, 0.25) is 0 Å². The molecule has 0 aliphatic heterocycles. The van der Waals surface area contributed by atoms with Gasteiger partial charge in [0.15, 0.2) is 0 Å². The van der Waals surface area contributed by atoms with Crippen molar-refractivity contribution in [3.8, 4) is 5.75 Å². The van der Waals surface area contributed by atoms with Crippen LogP contribution in [-0.4, -0.2) is 12.4 Å². The van der Waals surface area contributed by atoms with Crippen LogP contribution < -0.4 is 10.5 Å². The van der Waals surface area contributed by atoms with Crippen molar-refractivity contribution in [2.24, 2.45) is 11.1 Å². The molecule has 0 radical (unpaired) electrons. The van der Waals surface area contributed by atoms with Gasteiger partial charge in [-0.15, -0.1) is 0 Å². The Balaban J connectivity index is 2.62. The highest BCUT2D eigenvalue weighted by atomic mass is 16.5. The first-order valence-corrected chi connectivity index (χ1v) is 6.41. The average Bonchev–Trinajstić information content (AvgIpc) is 2.29. The minimum absolute atomic E-state index is 0.211. The van der Waals surface area contributed by atoms with Crippen molar-refractivity contribution in [1.29, 1.82) is 5.41 Å². The van der Waals surface area contributed by atoms with Crippen LogP contribution in [0.1, 0.15) is 45.6 Å². The Morgan fingerprint density at radius 1 is 1.33 bits per heavy atom. The number of hydrogen-bond acceptors (Lipinski definition) is 2. The number of ether oxygens (including phenoxy) is 1. The first-order valence-electron chi connectivity index (χ1n) is 6.41. The van der Waals surface area contributed by atoms with E-state index < -0.39 is 0 Å². The predicted octanol–water partition coefficient (Wildman–Crippen LogP) is 3.54. The quantitative estimate of drug-likeness (QED) is 0.597. The third kappa shape index (κ3) is 3.76. The fourth-order valence-corrected chi connectivity index (χ4v) is 1.64. The summed E-state index contributed by atoms with van der Waals surface area (Å²) in [5, 5.41) is 7.51. The van der Waals surface area contributed by atoms with Crippen molar-refractivity contribution in [3.63, 3.8) is 0 Å². The summed E-state index contributed by atoms with van der Waals surface area (Å²) < 4.78 is 5.83. The number of rotatable bonds is 6. The second-order valence-electron chi connectivity index (χ2n) is 5.59. The SMILES string of the molecule is CC(C)c1ccccc1OCCC(C)(C)C(=N)N. The molecule has 0 aliphatic carbocycles. The topological polar surface area (TPSA) is 59.1 Å². The molecule has 100 valence electrons. The maximum Gasteiger partial charge on any atom is 0.122 e. The van der Waals surface area contributed by atoms with Crippen LogP contribution in [0, 0.1) is 10.8 Å². The maximum absolute atomic E-state index is 7.51. The summed E-state index contributed by atoms with van der Waals surface area (Å²) >= 11 is 0. The van der Waals surface area contributed by atoms with Crippen LogP contribution in [0.5, 0.6) is 5.75 Å². The zero-order chi connectivity index (χ0) is 13.8. The lowest BCUT2D eigenvalue weighted by molar-refractivity contribution is 0.266. The lowest BCUT2D eigenvalue weighted by Gasteiger charge is -2.23. The van der Waals surface area contributed by atoms with E-state index in [4.69, 9.17) is 15.9 Å². The fraction of sp³-hybridized carbons (Fsp3) is 0.533. The Bertz CT molecular complexity index is 411. The van der Waals surface area contributed by atoms with Crippen LogP contribution in [0.15, 0.2) is 24.3 Å². The second kappa shape index (κ2) is 5.89. The largest absolute Gasteiger partial charge is 0.493 e. The normalized spacial score (nSPS) is 11.6. The van der Waals surface area contributed by atoms with E-state index in [1.807, 2.05) is 32.0 Å². The van der Waals surface area contributed by atoms with Crippen LogP contribution in [0.25, 0.3) is 0 Å². The Hall–Kier alpha value is -1.51. The lowest BCUT2D eigenvalue weighted by atomic mass is 9.88. The van der Waals surface area contributed by atoms with Crippen LogP contribution in [-0.2, 0) is 0 Å². The van der Waals surface area contributed by atoms with E-state index in [0.29, 0.717) is 12.5 Å². The summed E-state index contributed by atoms with van der Waals surface area (Å²) in [5.41, 5.74) is 6.48. The summed E-state index contributed by atoms with van der Waals surface area (Å²) in [5.74, 6) is 1.59. The second-order valence-corrected chi connectivity index (χ2v) is 5.59. The van der Waals surface area contributed by atoms with Crippen molar-refractivity contribution >= 4 is 5.84 Å². The molecule has 0 aromatic heterocycles. The zero-order valence-corrected chi connectivity index (χ0v) is 11.8. The van der Waals surface area contributed by atoms with E-state index in [2.05, 4.69) is 19.9 Å². The molecule has 1 rings (SSSR count). The predicted molar refractivity (Wildman–Crippen MR) is 76.3 cm³/mol. The molecule has 0 saturated heterocycles. The van der Waals surface area contributed by atoms with Gasteiger partial charge in [0.05, 0.1) is 12.4 Å². The third-order valence-corrected chi connectivity index (χ3v) is 3.25. The van der Waals surface area contributed by atoms with Gasteiger partial charge in [0.25, 0.3) is 0 Å².